The van der Waals surface area contributed by atoms with Crippen LogP contribution in [0.4, 0.5) is 11.4 Å². The first-order chi connectivity index (χ1) is 13.9. The minimum atomic E-state index is -3.31. The van der Waals surface area contributed by atoms with E-state index in [0.717, 1.165) is 18.4 Å². The number of rotatable bonds is 8. The Labute approximate surface area is 171 Å². The van der Waals surface area contributed by atoms with E-state index in [0.29, 0.717) is 35.8 Å². The Kier molecular flexibility index (Phi) is 6.64. The normalized spacial score (nSPS) is 13.5. The molecule has 0 radical (unpaired) electrons. The maximum atomic E-state index is 12.5. The van der Waals surface area contributed by atoms with Crippen molar-refractivity contribution in [3.05, 3.63) is 48.0 Å². The van der Waals surface area contributed by atoms with Gasteiger partial charge in [-0.2, -0.15) is 0 Å². The highest BCUT2D eigenvalue weighted by molar-refractivity contribution is 7.92. The Bertz CT molecular complexity index is 958. The molecule has 0 unspecified atom stereocenters. The van der Waals surface area contributed by atoms with Crippen LogP contribution >= 0.6 is 0 Å². The van der Waals surface area contributed by atoms with Gasteiger partial charge in [-0.25, -0.2) is 8.42 Å². The molecule has 2 aromatic carbocycles. The van der Waals surface area contributed by atoms with Crippen LogP contribution in [-0.4, -0.2) is 40.3 Å². The molecule has 0 saturated heterocycles. The molecule has 0 bridgehead atoms. The van der Waals surface area contributed by atoms with E-state index in [1.807, 2.05) is 13.0 Å². The van der Waals surface area contributed by atoms with E-state index in [9.17, 15) is 13.2 Å². The number of hydrogen-bond donors (Lipinski definition) is 1. The minimum Gasteiger partial charge on any atom is -0.497 e. The third kappa shape index (κ3) is 5.20. The van der Waals surface area contributed by atoms with Gasteiger partial charge in [0.2, 0.25) is 10.0 Å². The van der Waals surface area contributed by atoms with Crippen LogP contribution in [0.5, 0.6) is 11.5 Å². The fourth-order valence-electron chi connectivity index (χ4n) is 3.32. The van der Waals surface area contributed by atoms with Gasteiger partial charge in [0.05, 0.1) is 18.6 Å². The summed E-state index contributed by atoms with van der Waals surface area (Å²) in [7, 11) is -1.73. The van der Waals surface area contributed by atoms with Crippen molar-refractivity contribution in [1.82, 2.24) is 0 Å². The maximum absolute atomic E-state index is 12.5. The Morgan fingerprint density at radius 2 is 1.86 bits per heavy atom. The highest BCUT2D eigenvalue weighted by atomic mass is 32.2. The SMILES string of the molecule is CCCS(=O)(=O)N1CCCc2cc(NC(=O)COc3ccc(OC)cc3)ccc21. The molecule has 0 atom stereocenters. The molecular formula is C21H26N2O5S. The lowest BCUT2D eigenvalue weighted by Crippen LogP contribution is -2.37. The second-order valence-electron chi connectivity index (χ2n) is 6.85. The standard InChI is InChI=1S/C21H26N2O5S/c1-3-13-29(25,26)23-12-4-5-16-14-17(6-11-20(16)23)22-21(24)15-28-19-9-7-18(27-2)8-10-19/h6-11,14H,3-5,12-13,15H2,1-2H3,(H,22,24). The maximum Gasteiger partial charge on any atom is 0.262 e. The molecule has 1 amide bonds. The second-order valence-corrected chi connectivity index (χ2v) is 8.86. The first kappa shape index (κ1) is 21.0. The van der Waals surface area contributed by atoms with E-state index in [1.165, 1.54) is 4.31 Å². The zero-order valence-corrected chi connectivity index (χ0v) is 17.5. The van der Waals surface area contributed by atoms with E-state index in [-0.39, 0.29) is 18.3 Å². The summed E-state index contributed by atoms with van der Waals surface area (Å²) >= 11 is 0. The van der Waals surface area contributed by atoms with Gasteiger partial charge in [-0.15, -0.1) is 0 Å². The highest BCUT2D eigenvalue weighted by Crippen LogP contribution is 2.32. The van der Waals surface area contributed by atoms with E-state index >= 15 is 0 Å². The molecule has 3 rings (SSSR count). The number of sulfonamides is 1. The van der Waals surface area contributed by atoms with Crippen molar-refractivity contribution in [3.63, 3.8) is 0 Å². The number of benzene rings is 2. The van der Waals surface area contributed by atoms with Gasteiger partial charge in [0.1, 0.15) is 11.5 Å². The lowest BCUT2D eigenvalue weighted by Gasteiger charge is -2.30. The molecule has 1 N–H and O–H groups in total. The zero-order valence-electron chi connectivity index (χ0n) is 16.7. The third-order valence-corrected chi connectivity index (χ3v) is 6.64. The quantitative estimate of drug-likeness (QED) is 0.712. The second kappa shape index (κ2) is 9.17. The van der Waals surface area contributed by atoms with E-state index < -0.39 is 10.0 Å². The van der Waals surface area contributed by atoms with Crippen LogP contribution in [-0.2, 0) is 21.2 Å². The number of fused-ring (bicyclic) bond motifs is 1. The van der Waals surface area contributed by atoms with Crippen LogP contribution in [0.25, 0.3) is 0 Å². The monoisotopic (exact) mass is 418 g/mol. The van der Waals surface area contributed by atoms with Crippen LogP contribution in [0.2, 0.25) is 0 Å². The van der Waals surface area contributed by atoms with Crippen LogP contribution in [0, 0.1) is 0 Å². The van der Waals surface area contributed by atoms with Crippen molar-refractivity contribution in [2.45, 2.75) is 26.2 Å². The Balaban J connectivity index is 1.64. The number of carbonyl (C=O) groups excluding carboxylic acids is 1. The molecule has 1 heterocycles. The molecule has 1 aliphatic rings. The largest absolute Gasteiger partial charge is 0.497 e. The summed E-state index contributed by atoms with van der Waals surface area (Å²) in [5.74, 6) is 1.13. The van der Waals surface area contributed by atoms with Gasteiger partial charge in [-0.1, -0.05) is 6.92 Å². The number of carbonyl (C=O) groups is 1. The molecule has 0 aromatic heterocycles. The van der Waals surface area contributed by atoms with Gasteiger partial charge in [0.15, 0.2) is 6.61 Å². The van der Waals surface area contributed by atoms with Gasteiger partial charge >= 0.3 is 0 Å². The third-order valence-electron chi connectivity index (χ3n) is 4.67. The van der Waals surface area contributed by atoms with Gasteiger partial charge < -0.3 is 14.8 Å². The van der Waals surface area contributed by atoms with Gasteiger partial charge in [0.25, 0.3) is 5.91 Å². The van der Waals surface area contributed by atoms with Crippen molar-refractivity contribution in [2.24, 2.45) is 0 Å². The van der Waals surface area contributed by atoms with Gasteiger partial charge in [0, 0.05) is 12.2 Å². The average molecular weight is 419 g/mol. The molecular weight excluding hydrogens is 392 g/mol. The molecule has 2 aromatic rings. The number of anilines is 2. The lowest BCUT2D eigenvalue weighted by molar-refractivity contribution is -0.118. The predicted molar refractivity (Wildman–Crippen MR) is 113 cm³/mol. The molecule has 0 saturated carbocycles. The Hall–Kier alpha value is -2.74. The molecule has 156 valence electrons. The van der Waals surface area contributed by atoms with Crippen molar-refractivity contribution in [1.29, 1.82) is 0 Å². The first-order valence-electron chi connectivity index (χ1n) is 9.63. The molecule has 0 fully saturated rings. The smallest absolute Gasteiger partial charge is 0.262 e. The fourth-order valence-corrected chi connectivity index (χ4v) is 4.94. The molecule has 29 heavy (non-hydrogen) atoms. The molecule has 0 aliphatic carbocycles. The summed E-state index contributed by atoms with van der Waals surface area (Å²) in [6.45, 7) is 2.23. The minimum absolute atomic E-state index is 0.125. The summed E-state index contributed by atoms with van der Waals surface area (Å²) in [6, 6.07) is 12.3. The number of ether oxygens (including phenoxy) is 2. The summed E-state index contributed by atoms with van der Waals surface area (Å²) in [6.07, 6.45) is 2.12. The van der Waals surface area contributed by atoms with Gasteiger partial charge in [-0.3, -0.25) is 9.10 Å². The number of hydrogen-bond acceptors (Lipinski definition) is 5. The topological polar surface area (TPSA) is 84.9 Å². The van der Waals surface area contributed by atoms with Gasteiger partial charge in [-0.05, 0) is 67.3 Å². The summed E-state index contributed by atoms with van der Waals surface area (Å²) < 4.78 is 37.1. The fraction of sp³-hybridized carbons (Fsp3) is 0.381. The van der Waals surface area contributed by atoms with E-state index in [2.05, 4.69) is 5.32 Å². The van der Waals surface area contributed by atoms with E-state index in [1.54, 1.807) is 43.5 Å². The summed E-state index contributed by atoms with van der Waals surface area (Å²) in [5.41, 5.74) is 2.25. The van der Waals surface area contributed by atoms with Crippen molar-refractivity contribution in [2.75, 3.05) is 35.6 Å². The van der Waals surface area contributed by atoms with Crippen molar-refractivity contribution in [3.8, 4) is 11.5 Å². The predicted octanol–water partition coefficient (Wildman–Crippen LogP) is 3.21. The highest BCUT2D eigenvalue weighted by Gasteiger charge is 2.26. The number of aryl methyl sites for hydroxylation is 1. The van der Waals surface area contributed by atoms with Crippen LogP contribution in [0.15, 0.2) is 42.5 Å². The van der Waals surface area contributed by atoms with E-state index in [4.69, 9.17) is 9.47 Å². The number of nitrogens with zero attached hydrogens (tertiary/aromatic N) is 1. The molecule has 1 aliphatic heterocycles. The lowest BCUT2D eigenvalue weighted by atomic mass is 10.0. The summed E-state index contributed by atoms with van der Waals surface area (Å²) in [4.78, 5) is 12.2. The van der Waals surface area contributed by atoms with Crippen molar-refractivity contribution < 1.29 is 22.7 Å². The number of amides is 1. The number of nitrogens with one attached hydrogen (secondary N) is 1. The van der Waals surface area contributed by atoms with Crippen LogP contribution < -0.4 is 19.1 Å². The molecule has 7 nitrogen and oxygen atoms in total. The number of methoxy groups -OCH3 is 1. The Morgan fingerprint density at radius 3 is 2.55 bits per heavy atom. The average Bonchev–Trinajstić information content (AvgIpc) is 2.72. The zero-order chi connectivity index (χ0) is 20.9. The van der Waals surface area contributed by atoms with Crippen LogP contribution in [0.3, 0.4) is 0 Å². The molecule has 0 spiro atoms. The molecule has 8 heteroatoms. The first-order valence-corrected chi connectivity index (χ1v) is 11.2. The van der Waals surface area contributed by atoms with Crippen molar-refractivity contribution >= 4 is 27.3 Å². The van der Waals surface area contributed by atoms with Crippen LogP contribution in [0.1, 0.15) is 25.3 Å². The summed E-state index contributed by atoms with van der Waals surface area (Å²) in [5, 5.41) is 2.81. The Morgan fingerprint density at radius 1 is 1.14 bits per heavy atom.